The standard InChI is InChI=1S/C9H11BrN2OS/c10-7-2-1-3-12(5-7)9-11-4-8(6-13)14-9/h2,4,13H,1,3,5-6H2. The predicted molar refractivity (Wildman–Crippen MR) is 61.9 cm³/mol. The molecule has 0 amide bonds. The topological polar surface area (TPSA) is 36.4 Å². The van der Waals surface area contributed by atoms with Gasteiger partial charge >= 0.3 is 0 Å². The van der Waals surface area contributed by atoms with Crippen molar-refractivity contribution in [3.8, 4) is 0 Å². The molecule has 0 radical (unpaired) electrons. The van der Waals surface area contributed by atoms with Gasteiger partial charge in [-0.15, -0.1) is 0 Å². The van der Waals surface area contributed by atoms with Crippen LogP contribution in [0.2, 0.25) is 0 Å². The van der Waals surface area contributed by atoms with E-state index in [-0.39, 0.29) is 6.61 Å². The summed E-state index contributed by atoms with van der Waals surface area (Å²) in [5, 5.41) is 9.93. The van der Waals surface area contributed by atoms with Crippen molar-refractivity contribution >= 4 is 32.4 Å². The van der Waals surface area contributed by atoms with Crippen LogP contribution in [0, 0.1) is 0 Å². The van der Waals surface area contributed by atoms with Gasteiger partial charge in [0, 0.05) is 17.2 Å². The molecule has 1 aliphatic rings. The maximum Gasteiger partial charge on any atom is 0.185 e. The largest absolute Gasteiger partial charge is 0.391 e. The molecule has 2 rings (SSSR count). The first-order chi connectivity index (χ1) is 6.79. The summed E-state index contributed by atoms with van der Waals surface area (Å²) in [6.07, 6.45) is 4.98. The van der Waals surface area contributed by atoms with E-state index in [2.05, 4.69) is 31.9 Å². The van der Waals surface area contributed by atoms with E-state index < -0.39 is 0 Å². The average molecular weight is 275 g/mol. The lowest BCUT2D eigenvalue weighted by atomic mass is 10.3. The predicted octanol–water partition coefficient (Wildman–Crippen LogP) is 2.12. The third-order valence-electron chi connectivity index (χ3n) is 2.07. The van der Waals surface area contributed by atoms with Crippen LogP contribution >= 0.6 is 27.3 Å². The molecule has 14 heavy (non-hydrogen) atoms. The fourth-order valence-electron chi connectivity index (χ4n) is 1.38. The fraction of sp³-hybridized carbons (Fsp3) is 0.444. The maximum atomic E-state index is 8.93. The molecular formula is C9H11BrN2OS. The van der Waals surface area contributed by atoms with Crippen LogP contribution in [-0.4, -0.2) is 23.2 Å². The zero-order valence-corrected chi connectivity index (χ0v) is 10.0. The summed E-state index contributed by atoms with van der Waals surface area (Å²) >= 11 is 5.05. The molecule has 0 unspecified atom stereocenters. The number of thiazole rings is 1. The highest BCUT2D eigenvalue weighted by molar-refractivity contribution is 9.11. The lowest BCUT2D eigenvalue weighted by molar-refractivity contribution is 0.285. The Hall–Kier alpha value is -0.390. The van der Waals surface area contributed by atoms with Crippen molar-refractivity contribution in [2.45, 2.75) is 13.0 Å². The highest BCUT2D eigenvalue weighted by Crippen LogP contribution is 2.26. The molecule has 1 aromatic heterocycles. The lowest BCUT2D eigenvalue weighted by Gasteiger charge is -2.24. The van der Waals surface area contributed by atoms with Crippen LogP contribution in [0.15, 0.2) is 16.8 Å². The van der Waals surface area contributed by atoms with E-state index in [9.17, 15) is 0 Å². The number of hydrogen-bond acceptors (Lipinski definition) is 4. The van der Waals surface area contributed by atoms with Gasteiger partial charge in [-0.3, -0.25) is 0 Å². The number of rotatable bonds is 2. The lowest BCUT2D eigenvalue weighted by Crippen LogP contribution is -2.28. The van der Waals surface area contributed by atoms with E-state index in [0.29, 0.717) is 0 Å². The van der Waals surface area contributed by atoms with Crippen LogP contribution < -0.4 is 4.90 Å². The van der Waals surface area contributed by atoms with Crippen LogP contribution in [0.1, 0.15) is 11.3 Å². The molecule has 0 saturated carbocycles. The Labute approximate surface area is 95.2 Å². The zero-order valence-electron chi connectivity index (χ0n) is 7.61. The molecule has 1 aromatic rings. The summed E-state index contributed by atoms with van der Waals surface area (Å²) in [5.41, 5.74) is 0. The van der Waals surface area contributed by atoms with Crippen molar-refractivity contribution in [3.05, 3.63) is 21.6 Å². The van der Waals surface area contributed by atoms with E-state index in [1.165, 1.54) is 4.48 Å². The van der Waals surface area contributed by atoms with Gasteiger partial charge in [0.2, 0.25) is 0 Å². The summed E-state index contributed by atoms with van der Waals surface area (Å²) in [7, 11) is 0. The van der Waals surface area contributed by atoms with Gasteiger partial charge in [0.25, 0.3) is 0 Å². The Morgan fingerprint density at radius 2 is 2.50 bits per heavy atom. The van der Waals surface area contributed by atoms with Crippen molar-refractivity contribution in [2.75, 3.05) is 18.0 Å². The molecule has 3 nitrogen and oxygen atoms in total. The van der Waals surface area contributed by atoms with Gasteiger partial charge in [0.15, 0.2) is 5.13 Å². The minimum absolute atomic E-state index is 0.0858. The monoisotopic (exact) mass is 274 g/mol. The van der Waals surface area contributed by atoms with E-state index >= 15 is 0 Å². The van der Waals surface area contributed by atoms with Gasteiger partial charge in [0.1, 0.15) is 0 Å². The third-order valence-corrected chi connectivity index (χ3v) is 3.69. The first-order valence-electron chi connectivity index (χ1n) is 4.44. The molecule has 0 atom stereocenters. The fourth-order valence-corrected chi connectivity index (χ4v) is 2.71. The van der Waals surface area contributed by atoms with Crippen LogP contribution in [0.4, 0.5) is 5.13 Å². The molecule has 1 aliphatic heterocycles. The highest BCUT2D eigenvalue weighted by Gasteiger charge is 2.14. The van der Waals surface area contributed by atoms with E-state index in [1.807, 2.05) is 0 Å². The van der Waals surface area contributed by atoms with Crippen molar-refractivity contribution in [1.29, 1.82) is 0 Å². The second kappa shape index (κ2) is 4.42. The van der Waals surface area contributed by atoms with Crippen molar-refractivity contribution in [2.24, 2.45) is 0 Å². The Balaban J connectivity index is 2.11. The van der Waals surface area contributed by atoms with Crippen molar-refractivity contribution < 1.29 is 5.11 Å². The van der Waals surface area contributed by atoms with Crippen molar-refractivity contribution in [3.63, 3.8) is 0 Å². The number of aliphatic hydroxyl groups excluding tert-OH is 1. The van der Waals surface area contributed by atoms with E-state index in [0.717, 1.165) is 29.5 Å². The normalized spacial score (nSPS) is 17.0. The zero-order chi connectivity index (χ0) is 9.97. The molecule has 0 spiro atoms. The molecule has 76 valence electrons. The summed E-state index contributed by atoms with van der Waals surface area (Å²) in [6, 6.07) is 0. The smallest absolute Gasteiger partial charge is 0.185 e. The molecule has 2 heterocycles. The number of hydrogen-bond donors (Lipinski definition) is 1. The Kier molecular flexibility index (Phi) is 3.20. The van der Waals surface area contributed by atoms with E-state index in [1.54, 1.807) is 17.5 Å². The highest BCUT2D eigenvalue weighted by atomic mass is 79.9. The SMILES string of the molecule is OCc1cnc(N2CCC=C(Br)C2)s1. The minimum atomic E-state index is 0.0858. The molecule has 5 heteroatoms. The number of halogens is 1. The number of aromatic nitrogens is 1. The molecule has 0 bridgehead atoms. The summed E-state index contributed by atoms with van der Waals surface area (Å²) in [5.74, 6) is 0. The Bertz CT molecular complexity index is 350. The maximum absolute atomic E-state index is 8.93. The third kappa shape index (κ3) is 2.16. The summed E-state index contributed by atoms with van der Waals surface area (Å²) < 4.78 is 1.21. The van der Waals surface area contributed by atoms with Crippen molar-refractivity contribution in [1.82, 2.24) is 4.98 Å². The summed E-state index contributed by atoms with van der Waals surface area (Å²) in [4.78, 5) is 7.42. The second-order valence-electron chi connectivity index (χ2n) is 3.13. The average Bonchev–Trinajstić information content (AvgIpc) is 2.66. The quantitative estimate of drug-likeness (QED) is 0.898. The van der Waals surface area contributed by atoms with Gasteiger partial charge in [-0.05, 0) is 6.42 Å². The van der Waals surface area contributed by atoms with Gasteiger partial charge in [-0.1, -0.05) is 33.3 Å². The van der Waals surface area contributed by atoms with Gasteiger partial charge in [-0.25, -0.2) is 4.98 Å². The van der Waals surface area contributed by atoms with Crippen LogP contribution in [0.3, 0.4) is 0 Å². The minimum Gasteiger partial charge on any atom is -0.391 e. The molecule has 0 aromatic carbocycles. The summed E-state index contributed by atoms with van der Waals surface area (Å²) in [6.45, 7) is 1.98. The second-order valence-corrected chi connectivity index (χ2v) is 5.24. The van der Waals surface area contributed by atoms with Gasteiger partial charge in [-0.2, -0.15) is 0 Å². The van der Waals surface area contributed by atoms with E-state index in [4.69, 9.17) is 5.11 Å². The first-order valence-corrected chi connectivity index (χ1v) is 6.05. The van der Waals surface area contributed by atoms with Gasteiger partial charge < -0.3 is 10.0 Å². The number of aliphatic hydroxyl groups is 1. The first kappa shape index (κ1) is 10.1. The molecular weight excluding hydrogens is 264 g/mol. The molecule has 0 fully saturated rings. The molecule has 0 aliphatic carbocycles. The van der Waals surface area contributed by atoms with Crippen LogP contribution in [0.25, 0.3) is 0 Å². The van der Waals surface area contributed by atoms with Crippen LogP contribution in [-0.2, 0) is 6.61 Å². The number of nitrogens with zero attached hydrogens (tertiary/aromatic N) is 2. The Morgan fingerprint density at radius 3 is 3.14 bits per heavy atom. The Morgan fingerprint density at radius 1 is 1.64 bits per heavy atom. The van der Waals surface area contributed by atoms with Gasteiger partial charge in [0.05, 0.1) is 18.0 Å². The number of anilines is 1. The molecule has 0 saturated heterocycles. The van der Waals surface area contributed by atoms with Crippen LogP contribution in [0.5, 0.6) is 0 Å². The molecule has 1 N–H and O–H groups in total.